The number of rotatable bonds is 5. The van der Waals surface area contributed by atoms with Crippen molar-refractivity contribution in [1.29, 1.82) is 0 Å². The minimum Gasteiger partial charge on any atom is -0.481 e. The first-order valence-electron chi connectivity index (χ1n) is 7.60. The first-order chi connectivity index (χ1) is 12.9. The minimum atomic E-state index is -1.08. The highest BCUT2D eigenvalue weighted by atomic mass is 127. The monoisotopic (exact) mass is 558 g/mol. The predicted octanol–water partition coefficient (Wildman–Crippen LogP) is 4.41. The van der Waals surface area contributed by atoms with Crippen LogP contribution in [0, 0.1) is 3.57 Å². The number of carbonyl (C=O) groups excluding carboxylic acids is 1. The van der Waals surface area contributed by atoms with Crippen molar-refractivity contribution < 1.29 is 19.4 Å². The molecule has 138 valence electrons. The number of carboxylic acids is 1. The molecule has 0 aliphatic carbocycles. The minimum absolute atomic E-state index is 0.267. The van der Waals surface area contributed by atoms with E-state index in [4.69, 9.17) is 9.84 Å². The van der Waals surface area contributed by atoms with Crippen molar-refractivity contribution in [3.8, 4) is 5.75 Å². The number of aliphatic carboxylic acids is 1. The Bertz CT molecular complexity index is 960. The van der Waals surface area contributed by atoms with Crippen LogP contribution < -0.4 is 10.1 Å². The summed E-state index contributed by atoms with van der Waals surface area (Å²) in [5.41, 5.74) is 1.35. The van der Waals surface area contributed by atoms with E-state index in [9.17, 15) is 9.59 Å². The fourth-order valence-electron chi connectivity index (χ4n) is 2.15. The molecule has 1 saturated heterocycles. The van der Waals surface area contributed by atoms with Crippen molar-refractivity contribution in [3.05, 3.63) is 61.0 Å². The van der Waals surface area contributed by atoms with Crippen LogP contribution in [0.5, 0.6) is 5.75 Å². The highest BCUT2D eigenvalue weighted by Gasteiger charge is 2.24. The average Bonchev–Trinajstić information content (AvgIpc) is 2.96. The number of amidine groups is 1. The number of halogens is 2. The Labute approximate surface area is 181 Å². The van der Waals surface area contributed by atoms with Crippen molar-refractivity contribution >= 4 is 79.1 Å². The average molecular weight is 559 g/mol. The Morgan fingerprint density at radius 1 is 1.30 bits per heavy atom. The van der Waals surface area contributed by atoms with Gasteiger partial charge in [0.1, 0.15) is 5.75 Å². The van der Waals surface area contributed by atoms with Gasteiger partial charge in [0.05, 0.1) is 10.6 Å². The molecule has 1 amide bonds. The van der Waals surface area contributed by atoms with Gasteiger partial charge in [-0.25, -0.2) is 9.79 Å². The third-order valence-electron chi connectivity index (χ3n) is 3.32. The Balaban J connectivity index is 1.84. The maximum Gasteiger partial charge on any atom is 0.341 e. The van der Waals surface area contributed by atoms with Gasteiger partial charge >= 0.3 is 5.97 Å². The predicted molar refractivity (Wildman–Crippen MR) is 117 cm³/mol. The third kappa shape index (κ3) is 5.56. The van der Waals surface area contributed by atoms with E-state index >= 15 is 0 Å². The summed E-state index contributed by atoms with van der Waals surface area (Å²) in [5, 5.41) is 12.0. The number of aliphatic imine (C=N–C) groups is 1. The zero-order chi connectivity index (χ0) is 19.4. The lowest BCUT2D eigenvalue weighted by molar-refractivity contribution is -0.139. The number of carbonyl (C=O) groups is 2. The van der Waals surface area contributed by atoms with Crippen molar-refractivity contribution in [2.45, 2.75) is 0 Å². The number of hydrogen-bond donors (Lipinski definition) is 2. The van der Waals surface area contributed by atoms with E-state index in [2.05, 4.69) is 48.8 Å². The number of carboxylic acid groups (broad SMARTS) is 1. The second kappa shape index (κ2) is 8.89. The van der Waals surface area contributed by atoms with Gasteiger partial charge in [0.25, 0.3) is 5.91 Å². The number of ether oxygens (including phenoxy) is 1. The first-order valence-corrected chi connectivity index (χ1v) is 10.3. The summed E-state index contributed by atoms with van der Waals surface area (Å²) in [6, 6.07) is 12.8. The van der Waals surface area contributed by atoms with Crippen LogP contribution in [0.1, 0.15) is 5.56 Å². The van der Waals surface area contributed by atoms with Crippen molar-refractivity contribution in [2.24, 2.45) is 4.99 Å². The van der Waals surface area contributed by atoms with E-state index in [0.717, 1.165) is 13.7 Å². The van der Waals surface area contributed by atoms with E-state index in [-0.39, 0.29) is 5.91 Å². The van der Waals surface area contributed by atoms with Crippen molar-refractivity contribution in [1.82, 2.24) is 5.32 Å². The van der Waals surface area contributed by atoms with Crippen LogP contribution in [0.2, 0.25) is 0 Å². The van der Waals surface area contributed by atoms with E-state index in [0.29, 0.717) is 21.4 Å². The van der Waals surface area contributed by atoms with Gasteiger partial charge < -0.3 is 15.2 Å². The molecular weight excluding hydrogens is 547 g/mol. The van der Waals surface area contributed by atoms with Crippen LogP contribution in [0.15, 0.2) is 56.8 Å². The quantitative estimate of drug-likeness (QED) is 0.419. The molecule has 1 heterocycles. The van der Waals surface area contributed by atoms with Gasteiger partial charge in [-0.05, 0) is 76.8 Å². The first kappa shape index (κ1) is 19.9. The van der Waals surface area contributed by atoms with Crippen LogP contribution in [0.4, 0.5) is 5.69 Å². The lowest BCUT2D eigenvalue weighted by Gasteiger charge is -2.08. The van der Waals surface area contributed by atoms with E-state index < -0.39 is 12.6 Å². The van der Waals surface area contributed by atoms with Gasteiger partial charge in [0.15, 0.2) is 11.8 Å². The van der Waals surface area contributed by atoms with Crippen LogP contribution >= 0.6 is 50.3 Å². The van der Waals surface area contributed by atoms with Gasteiger partial charge in [-0.3, -0.25) is 4.79 Å². The zero-order valence-corrected chi connectivity index (χ0v) is 18.2. The molecule has 0 aromatic heterocycles. The van der Waals surface area contributed by atoms with Gasteiger partial charge in [0.2, 0.25) is 0 Å². The summed E-state index contributed by atoms with van der Waals surface area (Å²) in [4.78, 5) is 27.9. The second-order valence-electron chi connectivity index (χ2n) is 5.32. The van der Waals surface area contributed by atoms with Crippen molar-refractivity contribution in [3.63, 3.8) is 0 Å². The number of nitrogens with zero attached hydrogens (tertiary/aromatic N) is 1. The molecule has 1 aliphatic rings. The molecule has 2 aromatic rings. The third-order valence-corrected chi connectivity index (χ3v) is 5.44. The molecule has 2 N–H and O–H groups in total. The number of benzene rings is 2. The van der Waals surface area contributed by atoms with Crippen LogP contribution in [0.3, 0.4) is 0 Å². The Morgan fingerprint density at radius 3 is 2.74 bits per heavy atom. The molecule has 3 rings (SSSR count). The summed E-state index contributed by atoms with van der Waals surface area (Å²) in [5.74, 6) is -0.972. The van der Waals surface area contributed by atoms with Gasteiger partial charge in [-0.2, -0.15) is 0 Å². The Morgan fingerprint density at radius 2 is 2.04 bits per heavy atom. The standard InChI is InChI=1S/C18H12BrIN2O4S/c19-11-2-1-10(14(8-11)26-9-16(23)24)7-15-17(25)22-18(27-15)21-13-5-3-12(20)4-6-13/h1-8H,9H2,(H,23,24)(H,21,22,25)/b15-7+. The molecule has 0 bridgehead atoms. The number of amides is 1. The molecular formula is C18H12BrIN2O4S. The van der Waals surface area contributed by atoms with Crippen LogP contribution in [0.25, 0.3) is 6.08 Å². The molecule has 0 saturated carbocycles. The molecule has 0 atom stereocenters. The van der Waals surface area contributed by atoms with Gasteiger partial charge in [0, 0.05) is 13.6 Å². The molecule has 0 spiro atoms. The number of thioether (sulfide) groups is 1. The lowest BCUT2D eigenvalue weighted by atomic mass is 10.2. The fourth-order valence-corrected chi connectivity index (χ4v) is 3.68. The summed E-state index contributed by atoms with van der Waals surface area (Å²) in [6.45, 7) is -0.467. The molecule has 6 nitrogen and oxygen atoms in total. The summed E-state index contributed by atoms with van der Waals surface area (Å²) in [7, 11) is 0. The van der Waals surface area contributed by atoms with Crippen molar-refractivity contribution in [2.75, 3.05) is 6.61 Å². The molecule has 2 aromatic carbocycles. The zero-order valence-electron chi connectivity index (χ0n) is 13.6. The van der Waals surface area contributed by atoms with E-state index in [1.165, 1.54) is 11.8 Å². The maximum atomic E-state index is 12.3. The highest BCUT2D eigenvalue weighted by Crippen LogP contribution is 2.32. The molecule has 0 unspecified atom stereocenters. The number of hydrogen-bond acceptors (Lipinski definition) is 5. The Kier molecular flexibility index (Phi) is 6.55. The van der Waals surface area contributed by atoms with E-state index in [1.807, 2.05) is 24.3 Å². The highest BCUT2D eigenvalue weighted by molar-refractivity contribution is 14.1. The molecule has 0 radical (unpaired) electrons. The lowest BCUT2D eigenvalue weighted by Crippen LogP contribution is -2.19. The Hall–Kier alpha value is -1.85. The maximum absolute atomic E-state index is 12.3. The topological polar surface area (TPSA) is 88.0 Å². The molecule has 27 heavy (non-hydrogen) atoms. The molecule has 9 heteroatoms. The smallest absolute Gasteiger partial charge is 0.341 e. The molecule has 1 aliphatic heterocycles. The summed E-state index contributed by atoms with van der Waals surface area (Å²) >= 11 is 6.75. The van der Waals surface area contributed by atoms with Crippen LogP contribution in [-0.4, -0.2) is 28.8 Å². The fraction of sp³-hybridized carbons (Fsp3) is 0.0556. The largest absolute Gasteiger partial charge is 0.481 e. The van der Waals surface area contributed by atoms with E-state index in [1.54, 1.807) is 24.3 Å². The van der Waals surface area contributed by atoms with Gasteiger partial charge in [-0.15, -0.1) is 0 Å². The normalized spacial score (nSPS) is 16.6. The summed E-state index contributed by atoms with van der Waals surface area (Å²) in [6.07, 6.45) is 1.65. The molecule has 1 fully saturated rings. The SMILES string of the molecule is O=C(O)COc1cc(Br)ccc1/C=C1/SC(=Nc2ccc(I)cc2)NC1=O. The van der Waals surface area contributed by atoms with Gasteiger partial charge in [-0.1, -0.05) is 22.0 Å². The second-order valence-corrected chi connectivity index (χ2v) is 8.51. The number of nitrogens with one attached hydrogen (secondary N) is 1. The van der Waals surface area contributed by atoms with Crippen LogP contribution in [-0.2, 0) is 9.59 Å². The summed E-state index contributed by atoms with van der Waals surface area (Å²) < 4.78 is 7.16.